The van der Waals surface area contributed by atoms with Gasteiger partial charge < -0.3 is 0 Å². The van der Waals surface area contributed by atoms with Gasteiger partial charge in [0.1, 0.15) is 0 Å². The highest BCUT2D eigenvalue weighted by Crippen LogP contribution is 2.78. The lowest BCUT2D eigenvalue weighted by Gasteiger charge is -2.50. The number of nitrogens with one attached hydrogen (secondary N) is 1. The molecule has 0 aromatic heterocycles. The molecule has 23 heavy (non-hydrogen) atoms. The molecule has 2 bridgehead atoms. The summed E-state index contributed by atoms with van der Waals surface area (Å²) in [6.45, 7) is 2.33. The normalized spacial score (nSPS) is 46.7. The minimum absolute atomic E-state index is 0.0393. The van der Waals surface area contributed by atoms with E-state index in [-0.39, 0.29) is 39.9 Å². The minimum Gasteiger partial charge on any atom is -0.296 e. The number of carbonyl (C=O) groups is 2. The van der Waals surface area contributed by atoms with Crippen LogP contribution in [-0.2, 0) is 15.0 Å². The van der Waals surface area contributed by atoms with Crippen molar-refractivity contribution in [2.75, 3.05) is 0 Å². The Hall–Kier alpha value is -1.90. The van der Waals surface area contributed by atoms with E-state index in [9.17, 15) is 9.59 Å². The van der Waals surface area contributed by atoms with Gasteiger partial charge in [0, 0.05) is 10.8 Å². The number of allylic oxidation sites excluding steroid dienone is 2. The quantitative estimate of drug-likeness (QED) is 0.640. The Labute approximate surface area is 136 Å². The van der Waals surface area contributed by atoms with Crippen molar-refractivity contribution >= 4 is 11.8 Å². The first kappa shape index (κ1) is 13.5. The third-order valence-corrected chi connectivity index (χ3v) is 7.54. The van der Waals surface area contributed by atoms with Gasteiger partial charge in [0.15, 0.2) is 0 Å². The zero-order valence-corrected chi connectivity index (χ0v) is 13.3. The van der Waals surface area contributed by atoms with E-state index in [2.05, 4.69) is 36.5 Å². The number of carbonyl (C=O) groups excluding carboxylic acids is 2. The Morgan fingerprint density at radius 3 is 2.43 bits per heavy atom. The number of fused-ring (bicyclic) bond motifs is 2. The fourth-order valence-electron chi connectivity index (χ4n) is 6.67. The zero-order chi connectivity index (χ0) is 15.9. The van der Waals surface area contributed by atoms with Crippen LogP contribution in [0, 0.1) is 22.7 Å². The summed E-state index contributed by atoms with van der Waals surface area (Å²) in [6, 6.07) is 10.4. The SMILES string of the molecule is C[C@]12CCCC[C@@]13C=C[C@]2(c1ccccc1)[C@@H]1C(=O)NC(=O)[C@@H]13. The van der Waals surface area contributed by atoms with Crippen molar-refractivity contribution in [3.63, 3.8) is 0 Å². The summed E-state index contributed by atoms with van der Waals surface area (Å²) in [6.07, 6.45) is 9.03. The fraction of sp³-hybridized carbons (Fsp3) is 0.500. The van der Waals surface area contributed by atoms with Gasteiger partial charge in [0.2, 0.25) is 11.8 Å². The lowest BCUT2D eigenvalue weighted by Crippen LogP contribution is -2.49. The van der Waals surface area contributed by atoms with Gasteiger partial charge in [-0.1, -0.05) is 62.2 Å². The van der Waals surface area contributed by atoms with Crippen molar-refractivity contribution in [2.24, 2.45) is 22.7 Å². The van der Waals surface area contributed by atoms with Crippen LogP contribution in [-0.4, -0.2) is 11.8 Å². The molecule has 1 aromatic carbocycles. The van der Waals surface area contributed by atoms with Crippen molar-refractivity contribution in [1.82, 2.24) is 5.32 Å². The molecule has 0 radical (unpaired) electrons. The Balaban J connectivity index is 1.84. The largest absolute Gasteiger partial charge is 0.296 e. The van der Waals surface area contributed by atoms with Crippen molar-refractivity contribution in [1.29, 1.82) is 0 Å². The lowest BCUT2D eigenvalue weighted by atomic mass is 9.52. The molecule has 3 heteroatoms. The van der Waals surface area contributed by atoms with E-state index in [1.807, 2.05) is 18.2 Å². The van der Waals surface area contributed by atoms with Gasteiger partial charge in [-0.2, -0.15) is 0 Å². The van der Waals surface area contributed by atoms with Crippen LogP contribution in [0.25, 0.3) is 0 Å². The van der Waals surface area contributed by atoms with Gasteiger partial charge in [0.05, 0.1) is 11.8 Å². The predicted molar refractivity (Wildman–Crippen MR) is 86.4 cm³/mol. The van der Waals surface area contributed by atoms with E-state index in [1.54, 1.807) is 0 Å². The highest BCUT2D eigenvalue weighted by atomic mass is 16.2. The van der Waals surface area contributed by atoms with Crippen LogP contribution in [0.15, 0.2) is 42.5 Å². The van der Waals surface area contributed by atoms with E-state index in [0.717, 1.165) is 19.3 Å². The maximum Gasteiger partial charge on any atom is 0.231 e. The topological polar surface area (TPSA) is 46.2 Å². The molecule has 3 aliphatic carbocycles. The molecule has 3 nitrogen and oxygen atoms in total. The predicted octanol–water partition coefficient (Wildman–Crippen LogP) is 2.96. The molecule has 1 aliphatic heterocycles. The van der Waals surface area contributed by atoms with Crippen LogP contribution < -0.4 is 5.32 Å². The van der Waals surface area contributed by atoms with Gasteiger partial charge in [-0.15, -0.1) is 0 Å². The molecule has 5 rings (SSSR count). The van der Waals surface area contributed by atoms with Gasteiger partial charge in [-0.3, -0.25) is 14.9 Å². The summed E-state index contributed by atoms with van der Waals surface area (Å²) in [5.41, 5.74) is 0.666. The monoisotopic (exact) mass is 307 g/mol. The molecule has 2 saturated carbocycles. The summed E-state index contributed by atoms with van der Waals surface area (Å²) < 4.78 is 0. The van der Waals surface area contributed by atoms with E-state index in [1.165, 1.54) is 12.0 Å². The molecule has 0 spiro atoms. The standard InChI is InChI=1S/C20H21NO2/c1-18-9-5-6-10-19(18)11-12-20(18,13-7-3-2-4-8-13)15-14(19)16(22)21-17(15)23/h2-4,7-8,11-12,14-15H,5-6,9-10H2,1H3,(H,21,22,23)/t14-,15+,18+,19+,20+/m1/s1. The van der Waals surface area contributed by atoms with Crippen molar-refractivity contribution in [3.05, 3.63) is 48.0 Å². The summed E-state index contributed by atoms with van der Waals surface area (Å²) in [4.78, 5) is 25.4. The second-order valence-corrected chi connectivity index (χ2v) is 7.96. The summed E-state index contributed by atoms with van der Waals surface area (Å²) >= 11 is 0. The molecule has 1 aromatic rings. The number of hydrogen-bond donors (Lipinski definition) is 1. The van der Waals surface area contributed by atoms with Gasteiger partial charge in [0.25, 0.3) is 0 Å². The second kappa shape index (κ2) is 3.95. The molecular weight excluding hydrogens is 286 g/mol. The molecule has 118 valence electrons. The maximum absolute atomic E-state index is 12.8. The number of rotatable bonds is 1. The average molecular weight is 307 g/mol. The third kappa shape index (κ3) is 1.20. The highest BCUT2D eigenvalue weighted by molar-refractivity contribution is 6.08. The smallest absolute Gasteiger partial charge is 0.231 e. The highest BCUT2D eigenvalue weighted by Gasteiger charge is 2.80. The third-order valence-electron chi connectivity index (χ3n) is 7.54. The number of benzene rings is 1. The first-order chi connectivity index (χ1) is 11.1. The van der Waals surface area contributed by atoms with Crippen LogP contribution >= 0.6 is 0 Å². The van der Waals surface area contributed by atoms with Crippen LogP contribution in [0.4, 0.5) is 0 Å². The second-order valence-electron chi connectivity index (χ2n) is 7.96. The summed E-state index contributed by atoms with van der Waals surface area (Å²) in [5.74, 6) is -0.547. The Morgan fingerprint density at radius 2 is 1.65 bits per heavy atom. The number of hydrogen-bond acceptors (Lipinski definition) is 2. The van der Waals surface area contributed by atoms with Gasteiger partial charge in [-0.05, 0) is 23.8 Å². The molecule has 1 heterocycles. The van der Waals surface area contributed by atoms with Crippen molar-refractivity contribution in [2.45, 2.75) is 38.0 Å². The first-order valence-electron chi connectivity index (χ1n) is 8.67. The number of imide groups is 1. The molecule has 0 unspecified atom stereocenters. The summed E-state index contributed by atoms with van der Waals surface area (Å²) in [7, 11) is 0. The van der Waals surface area contributed by atoms with Crippen molar-refractivity contribution < 1.29 is 9.59 Å². The van der Waals surface area contributed by atoms with E-state index in [0.29, 0.717) is 0 Å². The Kier molecular flexibility index (Phi) is 2.32. The zero-order valence-electron chi connectivity index (χ0n) is 13.3. The molecule has 2 amide bonds. The molecule has 1 N–H and O–H groups in total. The lowest BCUT2D eigenvalue weighted by molar-refractivity contribution is -0.129. The Morgan fingerprint density at radius 1 is 0.957 bits per heavy atom. The molecule has 3 fully saturated rings. The van der Waals surface area contributed by atoms with E-state index < -0.39 is 0 Å². The van der Waals surface area contributed by atoms with E-state index >= 15 is 0 Å². The maximum atomic E-state index is 12.8. The van der Waals surface area contributed by atoms with Gasteiger partial charge >= 0.3 is 0 Å². The van der Waals surface area contributed by atoms with Crippen LogP contribution in [0.5, 0.6) is 0 Å². The van der Waals surface area contributed by atoms with E-state index in [4.69, 9.17) is 0 Å². The van der Waals surface area contributed by atoms with Crippen molar-refractivity contribution in [3.8, 4) is 0 Å². The molecule has 4 aliphatic rings. The summed E-state index contributed by atoms with van der Waals surface area (Å²) in [5, 5.41) is 2.64. The average Bonchev–Trinajstić information content (AvgIpc) is 3.09. The van der Waals surface area contributed by atoms with Crippen LogP contribution in [0.1, 0.15) is 38.2 Å². The van der Waals surface area contributed by atoms with Crippen LogP contribution in [0.3, 0.4) is 0 Å². The number of amides is 2. The molecule has 5 atom stereocenters. The molecule has 1 saturated heterocycles. The minimum atomic E-state index is -0.338. The fourth-order valence-corrected chi connectivity index (χ4v) is 6.67. The van der Waals surface area contributed by atoms with Gasteiger partial charge in [-0.25, -0.2) is 0 Å². The van der Waals surface area contributed by atoms with Crippen LogP contribution in [0.2, 0.25) is 0 Å². The first-order valence-corrected chi connectivity index (χ1v) is 8.67. The Bertz CT molecular complexity index is 754. The molecular formula is C20H21NO2.